The number of para-hydroxylation sites is 1. The fourth-order valence-electron chi connectivity index (χ4n) is 2.80. The minimum atomic E-state index is -0.157. The summed E-state index contributed by atoms with van der Waals surface area (Å²) in [6.45, 7) is 0. The molecule has 17 heavy (non-hydrogen) atoms. The molecule has 1 fully saturated rings. The molecule has 0 amide bonds. The highest BCUT2D eigenvalue weighted by atomic mass is 16.3. The van der Waals surface area contributed by atoms with Crippen LogP contribution in [0.15, 0.2) is 34.7 Å². The van der Waals surface area contributed by atoms with Gasteiger partial charge in [0.1, 0.15) is 11.3 Å². The fourth-order valence-corrected chi connectivity index (χ4v) is 2.80. The molecular weight excluding hydrogens is 212 g/mol. The molecule has 0 saturated heterocycles. The molecule has 2 atom stereocenters. The van der Waals surface area contributed by atoms with Crippen molar-refractivity contribution in [2.45, 2.75) is 44.1 Å². The number of hydrogen-bond donors (Lipinski definition) is 1. The average molecular weight is 230 g/mol. The number of hydrogen-bond acceptors (Lipinski definition) is 2. The van der Waals surface area contributed by atoms with Crippen molar-refractivity contribution >= 4 is 11.0 Å². The van der Waals surface area contributed by atoms with Crippen LogP contribution in [0.2, 0.25) is 0 Å². The summed E-state index contributed by atoms with van der Waals surface area (Å²) in [5.74, 6) is 1.44. The first kappa shape index (κ1) is 10.8. The molecule has 3 rings (SSSR count). The summed E-state index contributed by atoms with van der Waals surface area (Å²) in [6.07, 6.45) is 5.10. The summed E-state index contributed by atoms with van der Waals surface area (Å²) >= 11 is 0. The molecule has 2 heteroatoms. The smallest absolute Gasteiger partial charge is 0.134 e. The molecule has 2 unspecified atom stereocenters. The van der Waals surface area contributed by atoms with Crippen LogP contribution in [0.3, 0.4) is 0 Å². The zero-order valence-electron chi connectivity index (χ0n) is 9.93. The SMILES string of the molecule is OC1CCCCC(c2cc3ccccc3o2)C1. The van der Waals surface area contributed by atoms with Crippen LogP contribution in [0.5, 0.6) is 0 Å². The fraction of sp³-hybridized carbons (Fsp3) is 0.467. The molecule has 0 aliphatic heterocycles. The van der Waals surface area contributed by atoms with Gasteiger partial charge in [-0.3, -0.25) is 0 Å². The second kappa shape index (κ2) is 4.53. The largest absolute Gasteiger partial charge is 0.461 e. The topological polar surface area (TPSA) is 33.4 Å². The van der Waals surface area contributed by atoms with Crippen molar-refractivity contribution in [3.63, 3.8) is 0 Å². The van der Waals surface area contributed by atoms with Gasteiger partial charge in [0.2, 0.25) is 0 Å². The summed E-state index contributed by atoms with van der Waals surface area (Å²) in [4.78, 5) is 0. The summed E-state index contributed by atoms with van der Waals surface area (Å²) in [5, 5.41) is 11.0. The van der Waals surface area contributed by atoms with Crippen molar-refractivity contribution in [1.82, 2.24) is 0 Å². The van der Waals surface area contributed by atoms with E-state index in [-0.39, 0.29) is 6.10 Å². The molecule has 90 valence electrons. The third-order valence-electron chi connectivity index (χ3n) is 3.74. The quantitative estimate of drug-likeness (QED) is 0.755. The first-order chi connectivity index (χ1) is 8.33. The number of aliphatic hydroxyl groups excluding tert-OH is 1. The van der Waals surface area contributed by atoms with Crippen molar-refractivity contribution in [3.8, 4) is 0 Å². The summed E-state index contributed by atoms with van der Waals surface area (Å²) < 4.78 is 5.90. The Bertz CT molecular complexity index is 467. The lowest BCUT2D eigenvalue weighted by Crippen LogP contribution is -2.08. The predicted molar refractivity (Wildman–Crippen MR) is 68.0 cm³/mol. The van der Waals surface area contributed by atoms with Crippen LogP contribution in [0.1, 0.15) is 43.8 Å². The number of rotatable bonds is 1. The van der Waals surface area contributed by atoms with E-state index in [0.717, 1.165) is 37.0 Å². The third-order valence-corrected chi connectivity index (χ3v) is 3.74. The first-order valence-electron chi connectivity index (χ1n) is 6.49. The Balaban J connectivity index is 1.91. The van der Waals surface area contributed by atoms with Gasteiger partial charge >= 0.3 is 0 Å². The van der Waals surface area contributed by atoms with Crippen LogP contribution >= 0.6 is 0 Å². The second-order valence-electron chi connectivity index (χ2n) is 5.06. The van der Waals surface area contributed by atoms with Crippen molar-refractivity contribution in [2.75, 3.05) is 0 Å². The maximum atomic E-state index is 9.85. The van der Waals surface area contributed by atoms with E-state index in [4.69, 9.17) is 4.42 Å². The average Bonchev–Trinajstić information content (AvgIpc) is 2.65. The third kappa shape index (κ3) is 2.22. The van der Waals surface area contributed by atoms with Gasteiger partial charge in [-0.2, -0.15) is 0 Å². The van der Waals surface area contributed by atoms with Crippen molar-refractivity contribution in [1.29, 1.82) is 0 Å². The van der Waals surface area contributed by atoms with Gasteiger partial charge in [-0.1, -0.05) is 31.0 Å². The minimum Gasteiger partial charge on any atom is -0.461 e. The highest BCUT2D eigenvalue weighted by Gasteiger charge is 2.22. The van der Waals surface area contributed by atoms with E-state index in [2.05, 4.69) is 12.1 Å². The Kier molecular flexibility index (Phi) is 2.89. The summed E-state index contributed by atoms with van der Waals surface area (Å²) in [7, 11) is 0. The van der Waals surface area contributed by atoms with Gasteiger partial charge in [0.25, 0.3) is 0 Å². The first-order valence-corrected chi connectivity index (χ1v) is 6.49. The number of benzene rings is 1. The predicted octanol–water partition coefficient (Wildman–Crippen LogP) is 3.84. The van der Waals surface area contributed by atoms with Crippen molar-refractivity contribution in [2.24, 2.45) is 0 Å². The monoisotopic (exact) mass is 230 g/mol. The zero-order valence-corrected chi connectivity index (χ0v) is 9.93. The summed E-state index contributed by atoms with van der Waals surface area (Å²) in [5.41, 5.74) is 0.959. The van der Waals surface area contributed by atoms with Crippen LogP contribution in [0.25, 0.3) is 11.0 Å². The van der Waals surface area contributed by atoms with Crippen LogP contribution in [0, 0.1) is 0 Å². The molecule has 1 N–H and O–H groups in total. The van der Waals surface area contributed by atoms with E-state index in [0.29, 0.717) is 5.92 Å². The maximum absolute atomic E-state index is 9.85. The standard InChI is InChI=1S/C15H18O2/c16-13-7-3-1-5-11(9-13)15-10-12-6-2-4-8-14(12)17-15/h2,4,6,8,10-11,13,16H,1,3,5,7,9H2. The number of furan rings is 1. The molecule has 0 bridgehead atoms. The van der Waals surface area contributed by atoms with E-state index in [1.807, 2.05) is 18.2 Å². The van der Waals surface area contributed by atoms with Gasteiger partial charge in [0, 0.05) is 11.3 Å². The Morgan fingerprint density at radius 2 is 1.94 bits per heavy atom. The van der Waals surface area contributed by atoms with Gasteiger partial charge in [0.05, 0.1) is 6.10 Å². The highest BCUT2D eigenvalue weighted by molar-refractivity contribution is 5.77. The molecule has 1 aliphatic carbocycles. The van der Waals surface area contributed by atoms with E-state index in [9.17, 15) is 5.11 Å². The van der Waals surface area contributed by atoms with Gasteiger partial charge in [-0.05, 0) is 31.4 Å². The second-order valence-corrected chi connectivity index (χ2v) is 5.06. The molecule has 2 nitrogen and oxygen atoms in total. The lowest BCUT2D eigenvalue weighted by atomic mass is 9.96. The Labute approximate surface area is 101 Å². The van der Waals surface area contributed by atoms with E-state index < -0.39 is 0 Å². The van der Waals surface area contributed by atoms with E-state index in [1.165, 1.54) is 11.8 Å². The van der Waals surface area contributed by atoms with Crippen LogP contribution in [-0.4, -0.2) is 11.2 Å². The lowest BCUT2D eigenvalue weighted by Gasteiger charge is -2.13. The van der Waals surface area contributed by atoms with Gasteiger partial charge in [-0.15, -0.1) is 0 Å². The molecular formula is C15H18O2. The molecule has 0 spiro atoms. The Morgan fingerprint density at radius 1 is 1.12 bits per heavy atom. The van der Waals surface area contributed by atoms with Gasteiger partial charge < -0.3 is 9.52 Å². The number of fused-ring (bicyclic) bond motifs is 1. The molecule has 0 radical (unpaired) electrons. The van der Waals surface area contributed by atoms with E-state index in [1.54, 1.807) is 0 Å². The molecule has 1 saturated carbocycles. The molecule has 1 heterocycles. The molecule has 1 aromatic carbocycles. The molecule has 1 aromatic heterocycles. The van der Waals surface area contributed by atoms with Crippen LogP contribution in [0.4, 0.5) is 0 Å². The van der Waals surface area contributed by atoms with E-state index >= 15 is 0 Å². The zero-order chi connectivity index (χ0) is 11.7. The minimum absolute atomic E-state index is 0.157. The highest BCUT2D eigenvalue weighted by Crippen LogP contribution is 2.34. The lowest BCUT2D eigenvalue weighted by molar-refractivity contribution is 0.149. The number of aliphatic hydroxyl groups is 1. The van der Waals surface area contributed by atoms with Crippen molar-refractivity contribution in [3.05, 3.63) is 36.1 Å². The molecule has 1 aliphatic rings. The Hall–Kier alpha value is -1.28. The summed E-state index contributed by atoms with van der Waals surface area (Å²) in [6, 6.07) is 10.3. The van der Waals surface area contributed by atoms with Crippen LogP contribution < -0.4 is 0 Å². The normalized spacial score (nSPS) is 25.9. The molecule has 2 aromatic rings. The van der Waals surface area contributed by atoms with Crippen molar-refractivity contribution < 1.29 is 9.52 Å². The van der Waals surface area contributed by atoms with Gasteiger partial charge in [-0.25, -0.2) is 0 Å². The Morgan fingerprint density at radius 3 is 2.82 bits per heavy atom. The van der Waals surface area contributed by atoms with Crippen LogP contribution in [-0.2, 0) is 0 Å². The maximum Gasteiger partial charge on any atom is 0.134 e. The van der Waals surface area contributed by atoms with Gasteiger partial charge in [0.15, 0.2) is 0 Å².